The zero-order chi connectivity index (χ0) is 11.7. The Bertz CT molecular complexity index is 633. The molecule has 0 aliphatic heterocycles. The van der Waals surface area contributed by atoms with Crippen molar-refractivity contribution in [1.29, 1.82) is 0 Å². The van der Waals surface area contributed by atoms with E-state index in [1.807, 2.05) is 30.6 Å². The summed E-state index contributed by atoms with van der Waals surface area (Å²) in [6.07, 6.45) is 5.52. The van der Waals surface area contributed by atoms with Crippen molar-refractivity contribution in [3.63, 3.8) is 0 Å². The van der Waals surface area contributed by atoms with Gasteiger partial charge in [0.05, 0.1) is 17.5 Å². The van der Waals surface area contributed by atoms with Crippen molar-refractivity contribution < 1.29 is 0 Å². The van der Waals surface area contributed by atoms with Crippen LogP contribution in [0.5, 0.6) is 0 Å². The third-order valence-corrected chi connectivity index (χ3v) is 3.11. The minimum atomic E-state index is 0. The Hall–Kier alpha value is -1.58. The molecule has 1 atom stereocenters. The molecule has 5 heteroatoms. The van der Waals surface area contributed by atoms with E-state index in [-0.39, 0.29) is 30.7 Å². The van der Waals surface area contributed by atoms with Crippen molar-refractivity contribution in [3.05, 3.63) is 60.3 Å². The lowest BCUT2D eigenvalue weighted by atomic mass is 9.95. The summed E-state index contributed by atoms with van der Waals surface area (Å²) in [5.41, 5.74) is 3.36. The maximum atomic E-state index is 4.38. The molecule has 3 nitrogen and oxygen atoms in total. The van der Waals surface area contributed by atoms with Crippen molar-refractivity contribution >= 4 is 35.7 Å². The fraction of sp³-hybridized carbons (Fsp3) is 0.143. The molecule has 3 aromatic rings. The second-order valence-corrected chi connectivity index (χ2v) is 4.13. The van der Waals surface area contributed by atoms with Gasteiger partial charge in [-0.3, -0.25) is 4.98 Å². The number of aromatic amines is 1. The van der Waals surface area contributed by atoms with Gasteiger partial charge in [-0.2, -0.15) is 0 Å². The van der Waals surface area contributed by atoms with Gasteiger partial charge in [0.1, 0.15) is 0 Å². The second kappa shape index (κ2) is 6.55. The summed E-state index contributed by atoms with van der Waals surface area (Å²) in [6.45, 7) is 2.16. The van der Waals surface area contributed by atoms with Crippen LogP contribution in [0.1, 0.15) is 24.1 Å². The molecule has 0 aliphatic carbocycles. The van der Waals surface area contributed by atoms with Crippen LogP contribution in [-0.4, -0.2) is 15.0 Å². The Kier molecular flexibility index (Phi) is 5.33. The Labute approximate surface area is 124 Å². The summed E-state index contributed by atoms with van der Waals surface area (Å²) in [7, 11) is 0. The number of H-pyrrole nitrogens is 1. The molecule has 3 rings (SSSR count). The van der Waals surface area contributed by atoms with E-state index in [4.69, 9.17) is 0 Å². The van der Waals surface area contributed by atoms with E-state index in [1.54, 1.807) is 6.33 Å². The van der Waals surface area contributed by atoms with Gasteiger partial charge in [0.25, 0.3) is 0 Å². The average Bonchev–Trinajstić information content (AvgIpc) is 2.91. The van der Waals surface area contributed by atoms with Gasteiger partial charge in [-0.25, -0.2) is 4.98 Å². The predicted octanol–water partition coefficient (Wildman–Crippen LogP) is 3.95. The first-order valence-corrected chi connectivity index (χ1v) is 5.68. The smallest absolute Gasteiger partial charge is 0.0923 e. The molecule has 0 spiro atoms. The number of hydrogen-bond donors (Lipinski definition) is 1. The van der Waals surface area contributed by atoms with E-state index < -0.39 is 0 Å². The molecule has 0 saturated carbocycles. The molecular weight excluding hydrogens is 281 g/mol. The summed E-state index contributed by atoms with van der Waals surface area (Å²) < 4.78 is 0. The number of fused-ring (bicyclic) bond motifs is 1. The topological polar surface area (TPSA) is 41.6 Å². The summed E-state index contributed by atoms with van der Waals surface area (Å²) >= 11 is 0. The predicted molar refractivity (Wildman–Crippen MR) is 82.3 cm³/mol. The van der Waals surface area contributed by atoms with Gasteiger partial charge in [0.15, 0.2) is 0 Å². The summed E-state index contributed by atoms with van der Waals surface area (Å²) in [4.78, 5) is 11.7. The number of para-hydroxylation sites is 1. The lowest BCUT2D eigenvalue weighted by Crippen LogP contribution is -1.98. The number of benzene rings is 1. The third kappa shape index (κ3) is 2.88. The number of rotatable bonds is 2. The fourth-order valence-corrected chi connectivity index (χ4v) is 2.16. The molecule has 1 unspecified atom stereocenters. The molecule has 100 valence electrons. The van der Waals surface area contributed by atoms with Crippen LogP contribution in [0.15, 0.2) is 49.1 Å². The summed E-state index contributed by atoms with van der Waals surface area (Å²) in [5.74, 6) is 0.272. The highest BCUT2D eigenvalue weighted by Gasteiger charge is 2.13. The van der Waals surface area contributed by atoms with Crippen molar-refractivity contribution in [2.24, 2.45) is 0 Å². The number of aromatic nitrogens is 3. The number of imidazole rings is 1. The zero-order valence-electron chi connectivity index (χ0n) is 10.4. The first kappa shape index (κ1) is 15.5. The molecule has 0 aliphatic rings. The Balaban J connectivity index is 0.000000902. The molecule has 0 bridgehead atoms. The van der Waals surface area contributed by atoms with Gasteiger partial charge in [-0.1, -0.05) is 25.1 Å². The van der Waals surface area contributed by atoms with E-state index in [0.29, 0.717) is 0 Å². The molecule has 0 saturated heterocycles. The average molecular weight is 296 g/mol. The van der Waals surface area contributed by atoms with Crippen LogP contribution >= 0.6 is 24.8 Å². The number of pyridine rings is 1. The Morgan fingerprint density at radius 2 is 1.84 bits per heavy atom. The Morgan fingerprint density at radius 3 is 2.58 bits per heavy atom. The van der Waals surface area contributed by atoms with E-state index in [1.165, 1.54) is 10.9 Å². The molecule has 0 radical (unpaired) electrons. The van der Waals surface area contributed by atoms with Crippen molar-refractivity contribution in [2.45, 2.75) is 12.8 Å². The quantitative estimate of drug-likeness (QED) is 0.778. The van der Waals surface area contributed by atoms with Gasteiger partial charge in [-0.05, 0) is 17.7 Å². The summed E-state index contributed by atoms with van der Waals surface area (Å²) in [6, 6.07) is 10.3. The number of nitrogens with one attached hydrogen (secondary N) is 1. The maximum Gasteiger partial charge on any atom is 0.0923 e. The molecular formula is C14H15Cl2N3. The minimum Gasteiger partial charge on any atom is -0.351 e. The fourth-order valence-electron chi connectivity index (χ4n) is 2.16. The minimum absolute atomic E-state index is 0. The monoisotopic (exact) mass is 295 g/mol. The van der Waals surface area contributed by atoms with E-state index in [2.05, 4.69) is 34.0 Å². The van der Waals surface area contributed by atoms with Crippen LogP contribution in [0.4, 0.5) is 0 Å². The first-order chi connectivity index (χ1) is 8.36. The van der Waals surface area contributed by atoms with Crippen molar-refractivity contribution in [1.82, 2.24) is 15.0 Å². The van der Waals surface area contributed by atoms with Crippen molar-refractivity contribution in [3.8, 4) is 0 Å². The Morgan fingerprint density at radius 1 is 1.05 bits per heavy atom. The highest BCUT2D eigenvalue weighted by molar-refractivity contribution is 5.85. The SMILES string of the molecule is CC(c1c[nH]cn1)c1ccnc2ccccc12.Cl.Cl. The zero-order valence-corrected chi connectivity index (χ0v) is 12.0. The second-order valence-electron chi connectivity index (χ2n) is 4.13. The van der Waals surface area contributed by atoms with Gasteiger partial charge in [0.2, 0.25) is 0 Å². The number of nitrogens with zero attached hydrogens (tertiary/aromatic N) is 2. The van der Waals surface area contributed by atoms with Crippen LogP contribution in [0.25, 0.3) is 10.9 Å². The van der Waals surface area contributed by atoms with Crippen LogP contribution in [0.2, 0.25) is 0 Å². The first-order valence-electron chi connectivity index (χ1n) is 5.68. The van der Waals surface area contributed by atoms with Crippen LogP contribution in [0.3, 0.4) is 0 Å². The highest BCUT2D eigenvalue weighted by atomic mass is 35.5. The molecule has 19 heavy (non-hydrogen) atoms. The van der Waals surface area contributed by atoms with Crippen LogP contribution in [0, 0.1) is 0 Å². The van der Waals surface area contributed by atoms with Crippen LogP contribution < -0.4 is 0 Å². The normalized spacial score (nSPS) is 11.4. The van der Waals surface area contributed by atoms with E-state index in [9.17, 15) is 0 Å². The highest BCUT2D eigenvalue weighted by Crippen LogP contribution is 2.27. The molecule has 0 amide bonds. The van der Waals surface area contributed by atoms with Gasteiger partial charge in [0, 0.05) is 23.7 Å². The molecule has 0 fully saturated rings. The molecule has 2 heterocycles. The standard InChI is InChI=1S/C14H13N3.2ClH/c1-10(14-8-15-9-17-14)11-6-7-16-13-5-3-2-4-12(11)13;;/h2-10H,1H3,(H,15,17);2*1H. The van der Waals surface area contributed by atoms with Crippen molar-refractivity contribution in [2.75, 3.05) is 0 Å². The lowest BCUT2D eigenvalue weighted by molar-refractivity contribution is 0.890. The van der Waals surface area contributed by atoms with Gasteiger partial charge >= 0.3 is 0 Å². The molecule has 2 aromatic heterocycles. The maximum absolute atomic E-state index is 4.38. The largest absolute Gasteiger partial charge is 0.351 e. The van der Waals surface area contributed by atoms with Gasteiger partial charge < -0.3 is 4.98 Å². The summed E-state index contributed by atoms with van der Waals surface area (Å²) in [5, 5.41) is 1.20. The number of hydrogen-bond acceptors (Lipinski definition) is 2. The lowest BCUT2D eigenvalue weighted by Gasteiger charge is -2.11. The number of halogens is 2. The van der Waals surface area contributed by atoms with E-state index in [0.717, 1.165) is 11.2 Å². The van der Waals surface area contributed by atoms with Gasteiger partial charge in [-0.15, -0.1) is 24.8 Å². The molecule has 1 aromatic carbocycles. The van der Waals surface area contributed by atoms with Crippen LogP contribution in [-0.2, 0) is 0 Å². The van der Waals surface area contributed by atoms with E-state index >= 15 is 0 Å². The molecule has 1 N–H and O–H groups in total. The third-order valence-electron chi connectivity index (χ3n) is 3.11.